The van der Waals surface area contributed by atoms with Gasteiger partial charge in [-0.15, -0.1) is 10.2 Å². The lowest BCUT2D eigenvalue weighted by Gasteiger charge is -2.16. The molecular weight excluding hydrogens is 364 g/mol. The minimum Gasteiger partial charge on any atom is -0.421 e. The van der Waals surface area contributed by atoms with Crippen LogP contribution in [0.4, 0.5) is 5.69 Å². The lowest BCUT2D eigenvalue weighted by atomic mass is 9.86. The van der Waals surface area contributed by atoms with Gasteiger partial charge in [0.05, 0.1) is 17.0 Å². The predicted octanol–water partition coefficient (Wildman–Crippen LogP) is 5.40. The van der Waals surface area contributed by atoms with Gasteiger partial charge >= 0.3 is 0 Å². The van der Waals surface area contributed by atoms with Gasteiger partial charge in [0.2, 0.25) is 11.8 Å². The number of Topliss-reactive ketones (excluding diaryl/α,β-unsaturated/α-hetero) is 1. The number of aliphatic imine (C=N–C) groups is 1. The van der Waals surface area contributed by atoms with E-state index in [2.05, 4.69) is 28.2 Å². The van der Waals surface area contributed by atoms with E-state index in [4.69, 9.17) is 9.41 Å². The van der Waals surface area contributed by atoms with E-state index in [1.165, 1.54) is 0 Å². The Labute approximate surface area is 169 Å². The maximum Gasteiger partial charge on any atom is 0.247 e. The van der Waals surface area contributed by atoms with Gasteiger partial charge in [-0.25, -0.2) is 4.99 Å². The van der Waals surface area contributed by atoms with Crippen LogP contribution in [-0.2, 0) is 0 Å². The van der Waals surface area contributed by atoms with Crippen molar-refractivity contribution in [2.75, 3.05) is 0 Å². The smallest absolute Gasteiger partial charge is 0.247 e. The fraction of sp³-hybridized carbons (Fsp3) is 0.304. The molecule has 2 aromatic heterocycles. The van der Waals surface area contributed by atoms with Crippen LogP contribution in [0.2, 0.25) is 0 Å². The summed E-state index contributed by atoms with van der Waals surface area (Å²) in [6.45, 7) is 9.63. The molecule has 6 nitrogen and oxygen atoms in total. The number of nitrogens with zero attached hydrogens (tertiary/aromatic N) is 3. The van der Waals surface area contributed by atoms with Gasteiger partial charge in [-0.05, 0) is 18.2 Å². The molecule has 6 heteroatoms. The molecule has 4 rings (SSSR count). The number of carbonyl (C=O) groups is 1. The van der Waals surface area contributed by atoms with Gasteiger partial charge in [0.25, 0.3) is 0 Å². The van der Waals surface area contributed by atoms with Gasteiger partial charge < -0.3 is 9.40 Å². The number of benzene rings is 1. The summed E-state index contributed by atoms with van der Waals surface area (Å²) in [6.07, 6.45) is 5.88. The standard InChI is InChI=1S/C23H24N4O2/c1-13-9-10-18(15-7-6-8-16(11-15)22-27-26-14(2)29-22)25-20-17(12-24-19(13)20)21(28)23(3,4)5/h6-13,24H,1-5H3. The summed E-state index contributed by atoms with van der Waals surface area (Å²) < 4.78 is 5.56. The Hall–Kier alpha value is -3.28. The fourth-order valence-electron chi connectivity index (χ4n) is 3.35. The molecule has 1 N–H and O–H groups in total. The summed E-state index contributed by atoms with van der Waals surface area (Å²) >= 11 is 0. The Morgan fingerprint density at radius 1 is 1.17 bits per heavy atom. The number of hydrogen-bond donors (Lipinski definition) is 1. The molecule has 3 aromatic rings. The van der Waals surface area contributed by atoms with Crippen LogP contribution in [-0.4, -0.2) is 26.7 Å². The Kier molecular flexibility index (Phi) is 4.57. The molecule has 0 radical (unpaired) electrons. The van der Waals surface area contributed by atoms with Gasteiger partial charge in [-0.2, -0.15) is 0 Å². The lowest BCUT2D eigenvalue weighted by molar-refractivity contribution is 0.0859. The monoisotopic (exact) mass is 388 g/mol. The Bertz CT molecular complexity index is 1140. The number of carbonyl (C=O) groups excluding carboxylic acids is 1. The summed E-state index contributed by atoms with van der Waals surface area (Å²) in [5.74, 6) is 1.19. The molecule has 29 heavy (non-hydrogen) atoms. The van der Waals surface area contributed by atoms with E-state index in [-0.39, 0.29) is 11.7 Å². The molecular formula is C23H24N4O2. The van der Waals surface area contributed by atoms with Crippen molar-refractivity contribution in [1.29, 1.82) is 0 Å². The Morgan fingerprint density at radius 2 is 1.93 bits per heavy atom. The number of fused-ring (bicyclic) bond motifs is 1. The quantitative estimate of drug-likeness (QED) is 0.609. The first-order valence-electron chi connectivity index (χ1n) is 9.68. The van der Waals surface area contributed by atoms with Gasteiger partial charge in [-0.3, -0.25) is 4.79 Å². The van der Waals surface area contributed by atoms with Crippen LogP contribution in [0.25, 0.3) is 11.5 Å². The van der Waals surface area contributed by atoms with E-state index in [1.54, 1.807) is 13.1 Å². The van der Waals surface area contributed by atoms with E-state index in [0.29, 0.717) is 17.3 Å². The van der Waals surface area contributed by atoms with Crippen LogP contribution in [0, 0.1) is 12.3 Å². The summed E-state index contributed by atoms with van der Waals surface area (Å²) in [5, 5.41) is 8.01. The van der Waals surface area contributed by atoms with Crippen LogP contribution < -0.4 is 0 Å². The first kappa shape index (κ1) is 19.1. The van der Waals surface area contributed by atoms with Crippen molar-refractivity contribution in [3.05, 3.63) is 65.3 Å². The van der Waals surface area contributed by atoms with E-state index in [1.807, 2.05) is 51.1 Å². The zero-order chi connectivity index (χ0) is 20.8. The van der Waals surface area contributed by atoms with E-state index in [9.17, 15) is 4.79 Å². The highest BCUT2D eigenvalue weighted by Crippen LogP contribution is 2.37. The van der Waals surface area contributed by atoms with Crippen molar-refractivity contribution in [2.45, 2.75) is 40.5 Å². The van der Waals surface area contributed by atoms with Gasteiger partial charge in [-0.1, -0.05) is 45.9 Å². The van der Waals surface area contributed by atoms with Crippen molar-refractivity contribution in [1.82, 2.24) is 15.2 Å². The Morgan fingerprint density at radius 3 is 2.62 bits per heavy atom. The van der Waals surface area contributed by atoms with Gasteiger partial charge in [0.15, 0.2) is 5.78 Å². The topological polar surface area (TPSA) is 84.1 Å². The fourth-order valence-corrected chi connectivity index (χ4v) is 3.35. The molecule has 3 heterocycles. The molecule has 0 amide bonds. The number of nitrogens with one attached hydrogen (secondary N) is 1. The predicted molar refractivity (Wildman–Crippen MR) is 113 cm³/mol. The highest BCUT2D eigenvalue weighted by molar-refractivity contribution is 6.13. The Balaban J connectivity index is 1.81. The highest BCUT2D eigenvalue weighted by atomic mass is 16.4. The maximum atomic E-state index is 13.0. The molecule has 1 unspecified atom stereocenters. The molecule has 0 aliphatic carbocycles. The van der Waals surface area contributed by atoms with Crippen LogP contribution in [0.1, 0.15) is 61.1 Å². The van der Waals surface area contributed by atoms with Crippen molar-refractivity contribution >= 4 is 17.2 Å². The average molecular weight is 388 g/mol. The minimum absolute atomic E-state index is 0.0716. The van der Waals surface area contributed by atoms with Crippen LogP contribution in [0.5, 0.6) is 0 Å². The maximum absolute atomic E-state index is 13.0. The van der Waals surface area contributed by atoms with Crippen molar-refractivity contribution in [3.8, 4) is 11.5 Å². The second-order valence-corrected chi connectivity index (χ2v) is 8.40. The molecule has 0 bridgehead atoms. The first-order chi connectivity index (χ1) is 13.7. The normalized spacial score (nSPS) is 16.3. The number of aromatic nitrogens is 3. The summed E-state index contributed by atoms with van der Waals surface area (Å²) in [4.78, 5) is 21.1. The van der Waals surface area contributed by atoms with E-state index >= 15 is 0 Å². The third kappa shape index (κ3) is 3.58. The number of hydrogen-bond acceptors (Lipinski definition) is 5. The van der Waals surface area contributed by atoms with Crippen LogP contribution in [0.15, 0.2) is 52.0 Å². The summed E-state index contributed by atoms with van der Waals surface area (Å²) in [7, 11) is 0. The van der Waals surface area contributed by atoms with Gasteiger partial charge in [0.1, 0.15) is 0 Å². The average Bonchev–Trinajstić information content (AvgIpc) is 3.26. The number of aryl methyl sites for hydroxylation is 1. The molecule has 1 aliphatic rings. The number of ketones is 1. The molecule has 0 saturated carbocycles. The molecule has 1 aliphatic heterocycles. The van der Waals surface area contributed by atoms with Crippen LogP contribution in [0.3, 0.4) is 0 Å². The number of aromatic amines is 1. The van der Waals surface area contributed by atoms with E-state index in [0.717, 1.165) is 28.2 Å². The number of allylic oxidation sites excluding steroid dienone is 2. The van der Waals surface area contributed by atoms with Crippen LogP contribution >= 0.6 is 0 Å². The number of H-pyrrole nitrogens is 1. The van der Waals surface area contributed by atoms with Crippen molar-refractivity contribution in [2.24, 2.45) is 10.4 Å². The first-order valence-corrected chi connectivity index (χ1v) is 9.68. The third-order valence-corrected chi connectivity index (χ3v) is 4.97. The molecule has 148 valence electrons. The molecule has 1 aromatic carbocycles. The molecule has 1 atom stereocenters. The summed E-state index contributed by atoms with van der Waals surface area (Å²) in [6, 6.07) is 7.83. The van der Waals surface area contributed by atoms with Crippen molar-refractivity contribution < 1.29 is 9.21 Å². The molecule has 0 fully saturated rings. The second-order valence-electron chi connectivity index (χ2n) is 8.40. The second kappa shape index (κ2) is 6.95. The zero-order valence-corrected chi connectivity index (χ0v) is 17.3. The molecule has 0 spiro atoms. The highest BCUT2D eigenvalue weighted by Gasteiger charge is 2.29. The lowest BCUT2D eigenvalue weighted by Crippen LogP contribution is -2.19. The largest absolute Gasteiger partial charge is 0.421 e. The van der Waals surface area contributed by atoms with Crippen molar-refractivity contribution in [3.63, 3.8) is 0 Å². The number of rotatable bonds is 3. The molecule has 0 saturated heterocycles. The van der Waals surface area contributed by atoms with Gasteiger partial charge in [0, 0.05) is 41.3 Å². The minimum atomic E-state index is -0.482. The van der Waals surface area contributed by atoms with E-state index < -0.39 is 5.41 Å². The zero-order valence-electron chi connectivity index (χ0n) is 17.3. The third-order valence-electron chi connectivity index (χ3n) is 4.97. The summed E-state index contributed by atoms with van der Waals surface area (Å²) in [5.41, 5.74) is 4.36. The SMILES string of the molecule is Cc1nnc(-c2cccc(C3=Nc4c(C(=O)C(C)(C)C)c[nH]c4C(C)C=C3)c2)o1.